The van der Waals surface area contributed by atoms with Crippen molar-refractivity contribution in [2.75, 3.05) is 0 Å². The standard InChI is InChI=1S/C15H12FN3OS/c16-11-5-3-4-10(8-11)14(20)19-15-18-13(9-21-15)12-6-1-2-7-17-12/h1-9,15,18H,(H,19,20). The van der Waals surface area contributed by atoms with Gasteiger partial charge in [0.15, 0.2) is 5.50 Å². The summed E-state index contributed by atoms with van der Waals surface area (Å²) in [5, 5.41) is 7.85. The van der Waals surface area contributed by atoms with Gasteiger partial charge in [0.2, 0.25) is 0 Å². The Hall–Kier alpha value is -2.34. The van der Waals surface area contributed by atoms with Crippen molar-refractivity contribution in [3.8, 4) is 0 Å². The van der Waals surface area contributed by atoms with Crippen LogP contribution in [0.3, 0.4) is 0 Å². The molecule has 0 bridgehead atoms. The first-order valence-corrected chi connectivity index (χ1v) is 7.27. The molecule has 1 aliphatic heterocycles. The number of pyridine rings is 1. The second-order valence-electron chi connectivity index (χ2n) is 4.39. The molecule has 0 saturated heterocycles. The quantitative estimate of drug-likeness (QED) is 0.915. The largest absolute Gasteiger partial charge is 0.354 e. The molecule has 1 aliphatic rings. The van der Waals surface area contributed by atoms with Crippen LogP contribution in [0.4, 0.5) is 4.39 Å². The fourth-order valence-electron chi connectivity index (χ4n) is 1.90. The molecule has 1 atom stereocenters. The van der Waals surface area contributed by atoms with Crippen molar-refractivity contribution in [2.45, 2.75) is 5.50 Å². The number of nitrogens with zero attached hydrogens (tertiary/aromatic N) is 1. The van der Waals surface area contributed by atoms with Crippen LogP contribution >= 0.6 is 11.8 Å². The van der Waals surface area contributed by atoms with Crippen LogP contribution in [0.25, 0.3) is 5.70 Å². The Kier molecular flexibility index (Phi) is 3.87. The molecule has 0 fully saturated rings. The first kappa shape index (κ1) is 13.6. The number of carbonyl (C=O) groups excluding carboxylic acids is 1. The SMILES string of the molecule is O=C(NC1NC(c2ccccn2)=CS1)c1cccc(F)c1. The van der Waals surface area contributed by atoms with Gasteiger partial charge in [0, 0.05) is 17.2 Å². The van der Waals surface area contributed by atoms with Crippen molar-refractivity contribution in [1.82, 2.24) is 15.6 Å². The van der Waals surface area contributed by atoms with Crippen LogP contribution < -0.4 is 10.6 Å². The molecule has 1 amide bonds. The molecule has 2 heterocycles. The molecule has 6 heteroatoms. The summed E-state index contributed by atoms with van der Waals surface area (Å²) in [4.78, 5) is 16.3. The van der Waals surface area contributed by atoms with Gasteiger partial charge in [-0.05, 0) is 30.3 Å². The highest BCUT2D eigenvalue weighted by Crippen LogP contribution is 2.24. The van der Waals surface area contributed by atoms with Crippen molar-refractivity contribution >= 4 is 23.4 Å². The molecule has 21 heavy (non-hydrogen) atoms. The second kappa shape index (κ2) is 5.97. The number of halogens is 1. The van der Waals surface area contributed by atoms with E-state index in [1.165, 1.54) is 30.0 Å². The molecule has 3 rings (SSSR count). The zero-order valence-corrected chi connectivity index (χ0v) is 11.7. The van der Waals surface area contributed by atoms with Crippen LogP contribution in [0.5, 0.6) is 0 Å². The van der Waals surface area contributed by atoms with Crippen LogP contribution in [0, 0.1) is 5.82 Å². The Balaban J connectivity index is 1.62. The van der Waals surface area contributed by atoms with Gasteiger partial charge in [0.25, 0.3) is 5.91 Å². The molecule has 106 valence electrons. The smallest absolute Gasteiger partial charge is 0.253 e. The normalized spacial score (nSPS) is 17.0. The molecule has 2 N–H and O–H groups in total. The van der Waals surface area contributed by atoms with Crippen LogP contribution in [0.1, 0.15) is 16.1 Å². The summed E-state index contributed by atoms with van der Waals surface area (Å²) in [6, 6.07) is 11.2. The highest BCUT2D eigenvalue weighted by Gasteiger charge is 2.20. The Morgan fingerprint density at radius 1 is 1.29 bits per heavy atom. The number of nitrogens with one attached hydrogen (secondary N) is 2. The van der Waals surface area contributed by atoms with Crippen LogP contribution in [-0.4, -0.2) is 16.4 Å². The summed E-state index contributed by atoms with van der Waals surface area (Å²) in [6.07, 6.45) is 1.71. The first-order valence-electron chi connectivity index (χ1n) is 6.32. The average Bonchev–Trinajstić information content (AvgIpc) is 2.97. The van der Waals surface area contributed by atoms with E-state index in [1.807, 2.05) is 23.6 Å². The highest BCUT2D eigenvalue weighted by atomic mass is 32.2. The summed E-state index contributed by atoms with van der Waals surface area (Å²) < 4.78 is 13.1. The average molecular weight is 301 g/mol. The molecule has 0 saturated carbocycles. The number of amides is 1. The van der Waals surface area contributed by atoms with Gasteiger partial charge in [-0.15, -0.1) is 0 Å². The molecule has 1 unspecified atom stereocenters. The van der Waals surface area contributed by atoms with Crippen LogP contribution in [0.15, 0.2) is 54.1 Å². The van der Waals surface area contributed by atoms with Crippen molar-refractivity contribution in [3.05, 3.63) is 71.1 Å². The van der Waals surface area contributed by atoms with Crippen LogP contribution in [0.2, 0.25) is 0 Å². The van der Waals surface area contributed by atoms with E-state index in [4.69, 9.17) is 0 Å². The fraction of sp³-hybridized carbons (Fsp3) is 0.0667. The fourth-order valence-corrected chi connectivity index (χ4v) is 2.74. The van der Waals surface area contributed by atoms with Crippen molar-refractivity contribution in [1.29, 1.82) is 0 Å². The van der Waals surface area contributed by atoms with Crippen LogP contribution in [-0.2, 0) is 0 Å². The molecular formula is C15H12FN3OS. The Labute approximate surface area is 125 Å². The van der Waals surface area contributed by atoms with E-state index >= 15 is 0 Å². The lowest BCUT2D eigenvalue weighted by atomic mass is 10.2. The van der Waals surface area contributed by atoms with E-state index in [-0.39, 0.29) is 11.4 Å². The summed E-state index contributed by atoms with van der Waals surface area (Å²) >= 11 is 1.43. The third kappa shape index (κ3) is 3.22. The number of hydrogen-bond donors (Lipinski definition) is 2. The lowest BCUT2D eigenvalue weighted by molar-refractivity contribution is 0.0947. The van der Waals surface area contributed by atoms with Gasteiger partial charge >= 0.3 is 0 Å². The van der Waals surface area contributed by atoms with Gasteiger partial charge in [0.05, 0.1) is 11.4 Å². The number of carbonyl (C=O) groups is 1. The van der Waals surface area contributed by atoms with Gasteiger partial charge in [-0.25, -0.2) is 4.39 Å². The van der Waals surface area contributed by atoms with Crippen molar-refractivity contribution in [2.24, 2.45) is 0 Å². The van der Waals surface area contributed by atoms with Crippen molar-refractivity contribution in [3.63, 3.8) is 0 Å². The van der Waals surface area contributed by atoms with E-state index in [2.05, 4.69) is 15.6 Å². The summed E-state index contributed by atoms with van der Waals surface area (Å²) in [7, 11) is 0. The minimum absolute atomic E-state index is 0.294. The third-order valence-electron chi connectivity index (χ3n) is 2.90. The molecule has 1 aromatic heterocycles. The molecule has 0 radical (unpaired) electrons. The zero-order chi connectivity index (χ0) is 14.7. The van der Waals surface area contributed by atoms with E-state index in [9.17, 15) is 9.18 Å². The first-order chi connectivity index (χ1) is 10.2. The monoisotopic (exact) mass is 301 g/mol. The number of benzene rings is 1. The minimum atomic E-state index is -0.429. The Morgan fingerprint density at radius 3 is 2.95 bits per heavy atom. The topological polar surface area (TPSA) is 54.0 Å². The van der Waals surface area contributed by atoms with Gasteiger partial charge in [-0.3, -0.25) is 9.78 Å². The Bertz CT molecular complexity index is 690. The van der Waals surface area contributed by atoms with E-state index < -0.39 is 5.82 Å². The van der Waals surface area contributed by atoms with E-state index in [0.717, 1.165) is 11.4 Å². The highest BCUT2D eigenvalue weighted by molar-refractivity contribution is 8.03. The lowest BCUT2D eigenvalue weighted by Gasteiger charge is -2.14. The zero-order valence-electron chi connectivity index (χ0n) is 10.9. The molecule has 1 aromatic carbocycles. The molecule has 0 aliphatic carbocycles. The van der Waals surface area contributed by atoms with E-state index in [1.54, 1.807) is 12.3 Å². The molecule has 2 aromatic rings. The summed E-state index contributed by atoms with van der Waals surface area (Å²) in [5.74, 6) is -0.753. The van der Waals surface area contributed by atoms with Gasteiger partial charge in [-0.2, -0.15) is 0 Å². The number of thioether (sulfide) groups is 1. The van der Waals surface area contributed by atoms with Crippen molar-refractivity contribution < 1.29 is 9.18 Å². The maximum atomic E-state index is 13.1. The number of hydrogen-bond acceptors (Lipinski definition) is 4. The summed E-state index contributed by atoms with van der Waals surface area (Å²) in [5.41, 5.74) is 1.67. The number of rotatable bonds is 3. The number of aromatic nitrogens is 1. The van der Waals surface area contributed by atoms with Gasteiger partial charge in [0.1, 0.15) is 5.82 Å². The van der Waals surface area contributed by atoms with Gasteiger partial charge in [-0.1, -0.05) is 23.9 Å². The molecular weight excluding hydrogens is 289 g/mol. The third-order valence-corrected chi connectivity index (χ3v) is 3.78. The summed E-state index contributed by atoms with van der Waals surface area (Å²) in [6.45, 7) is 0. The maximum absolute atomic E-state index is 13.1. The molecule has 4 nitrogen and oxygen atoms in total. The van der Waals surface area contributed by atoms with E-state index in [0.29, 0.717) is 5.56 Å². The minimum Gasteiger partial charge on any atom is -0.354 e. The Morgan fingerprint density at radius 2 is 2.19 bits per heavy atom. The predicted octanol–water partition coefficient (Wildman–Crippen LogP) is 2.57. The lowest BCUT2D eigenvalue weighted by Crippen LogP contribution is -2.39. The predicted molar refractivity (Wildman–Crippen MR) is 80.6 cm³/mol. The molecule has 0 spiro atoms. The van der Waals surface area contributed by atoms with Gasteiger partial charge < -0.3 is 10.6 Å². The second-order valence-corrected chi connectivity index (χ2v) is 5.37. The maximum Gasteiger partial charge on any atom is 0.253 e.